The summed E-state index contributed by atoms with van der Waals surface area (Å²) in [5.74, 6) is 0. The molecule has 0 radical (unpaired) electrons. The normalized spacial score (nSPS) is 17.7. The third-order valence-corrected chi connectivity index (χ3v) is 3.61. The molecule has 0 aliphatic carbocycles. The van der Waals surface area contributed by atoms with Crippen LogP contribution in [0.2, 0.25) is 0 Å². The molecule has 18 heavy (non-hydrogen) atoms. The molecule has 1 N–H and O–H groups in total. The van der Waals surface area contributed by atoms with Crippen LogP contribution in [0, 0.1) is 0 Å². The molecule has 1 unspecified atom stereocenters. The molecule has 106 valence electrons. The number of halogens is 1. The van der Waals surface area contributed by atoms with E-state index in [0.717, 1.165) is 0 Å². The number of rotatable bonds is 10. The van der Waals surface area contributed by atoms with Crippen molar-refractivity contribution >= 4 is 0 Å². The fourth-order valence-electron chi connectivity index (χ4n) is 2.39. The lowest BCUT2D eigenvalue weighted by Crippen LogP contribution is -3.01. The number of nitrogens with one attached hydrogen (secondary N) is 1. The predicted octanol–water partition coefficient (Wildman–Crippen LogP) is 0.837. The van der Waals surface area contributed by atoms with E-state index in [2.05, 4.69) is 32.3 Å². The van der Waals surface area contributed by atoms with Crippen LogP contribution in [0.25, 0.3) is 0 Å². The maximum Gasteiger partial charge on any atom is 0.102 e. The molecule has 0 saturated heterocycles. The molecule has 1 rings (SSSR count). The molecular formula is C16H30ClN. The van der Waals surface area contributed by atoms with Crippen molar-refractivity contribution in [1.29, 1.82) is 0 Å². The maximum absolute atomic E-state index is 2.38. The number of unbranched alkanes of at least 4 members (excludes halogenated alkanes) is 7. The molecule has 1 aliphatic rings. The average molecular weight is 272 g/mol. The lowest BCUT2D eigenvalue weighted by atomic mass is 10.1. The zero-order valence-electron chi connectivity index (χ0n) is 12.2. The summed E-state index contributed by atoms with van der Waals surface area (Å²) in [4.78, 5) is 1.55. The Morgan fingerprint density at radius 1 is 0.889 bits per heavy atom. The molecular weight excluding hydrogens is 242 g/mol. The molecule has 0 aromatic heterocycles. The number of allylic oxidation sites excluding steroid dienone is 2. The Balaban J connectivity index is 0.00000289. The van der Waals surface area contributed by atoms with Crippen LogP contribution in [0.3, 0.4) is 0 Å². The molecule has 1 heterocycles. The van der Waals surface area contributed by atoms with Gasteiger partial charge in [0.1, 0.15) is 6.20 Å². The van der Waals surface area contributed by atoms with Gasteiger partial charge in [-0.15, -0.1) is 0 Å². The summed E-state index contributed by atoms with van der Waals surface area (Å²) in [6.45, 7) is 5.80. The third-order valence-electron chi connectivity index (χ3n) is 3.61. The minimum Gasteiger partial charge on any atom is -1.00 e. The van der Waals surface area contributed by atoms with Crippen LogP contribution in [-0.4, -0.2) is 6.54 Å². The molecule has 2 heteroatoms. The van der Waals surface area contributed by atoms with Gasteiger partial charge in [0.25, 0.3) is 0 Å². The lowest BCUT2D eigenvalue weighted by molar-refractivity contribution is -0.788. The van der Waals surface area contributed by atoms with E-state index in [4.69, 9.17) is 0 Å². The second kappa shape index (κ2) is 11.8. The quantitative estimate of drug-likeness (QED) is 0.562. The number of hydrogen-bond acceptors (Lipinski definition) is 0. The van der Waals surface area contributed by atoms with Crippen molar-refractivity contribution in [2.24, 2.45) is 0 Å². The summed E-state index contributed by atoms with van der Waals surface area (Å²) in [5.41, 5.74) is 1.50. The zero-order valence-corrected chi connectivity index (χ0v) is 12.9. The Hall–Kier alpha value is -0.270. The van der Waals surface area contributed by atoms with Crippen molar-refractivity contribution in [3.05, 3.63) is 24.0 Å². The molecule has 0 amide bonds. The van der Waals surface area contributed by atoms with Crippen molar-refractivity contribution in [3.8, 4) is 0 Å². The molecule has 0 aromatic rings. The van der Waals surface area contributed by atoms with Crippen LogP contribution in [0.1, 0.15) is 71.6 Å². The molecule has 0 aromatic carbocycles. The van der Waals surface area contributed by atoms with E-state index in [0.29, 0.717) is 0 Å². The van der Waals surface area contributed by atoms with Crippen molar-refractivity contribution in [2.75, 3.05) is 6.54 Å². The van der Waals surface area contributed by atoms with E-state index in [1.165, 1.54) is 69.9 Å². The van der Waals surface area contributed by atoms with Crippen molar-refractivity contribution in [1.82, 2.24) is 0 Å². The summed E-state index contributed by atoms with van der Waals surface area (Å²) < 4.78 is 0. The van der Waals surface area contributed by atoms with Crippen LogP contribution in [0.4, 0.5) is 0 Å². The van der Waals surface area contributed by atoms with Crippen LogP contribution >= 0.6 is 0 Å². The van der Waals surface area contributed by atoms with Crippen LogP contribution in [-0.2, 0) is 0 Å². The van der Waals surface area contributed by atoms with Gasteiger partial charge in [0.2, 0.25) is 0 Å². The average Bonchev–Trinajstić information content (AvgIpc) is 2.80. The van der Waals surface area contributed by atoms with Crippen LogP contribution in [0.5, 0.6) is 0 Å². The van der Waals surface area contributed by atoms with Crippen molar-refractivity contribution in [2.45, 2.75) is 71.6 Å². The highest BCUT2D eigenvalue weighted by atomic mass is 35.5. The van der Waals surface area contributed by atoms with E-state index < -0.39 is 0 Å². The van der Waals surface area contributed by atoms with Crippen molar-refractivity contribution in [3.63, 3.8) is 0 Å². The standard InChI is InChI=1S/C16H29N.ClH/c1-3-5-6-7-8-9-10-11-13-17-14-12-16(4-2)15-17;/h12,14-15H,3-11,13H2,1-2H3;1H. The monoisotopic (exact) mass is 271 g/mol. The lowest BCUT2D eigenvalue weighted by Gasteiger charge is -2.06. The highest BCUT2D eigenvalue weighted by Gasteiger charge is 2.08. The van der Waals surface area contributed by atoms with Gasteiger partial charge in [-0.05, 0) is 19.3 Å². The van der Waals surface area contributed by atoms with Gasteiger partial charge in [0.15, 0.2) is 0 Å². The second-order valence-electron chi connectivity index (χ2n) is 5.21. The Morgan fingerprint density at radius 3 is 2.06 bits per heavy atom. The van der Waals surface area contributed by atoms with E-state index >= 15 is 0 Å². The molecule has 0 saturated carbocycles. The summed E-state index contributed by atoms with van der Waals surface area (Å²) in [5, 5.41) is 0. The molecule has 0 bridgehead atoms. The van der Waals surface area contributed by atoms with E-state index in [9.17, 15) is 0 Å². The minimum absolute atomic E-state index is 0. The fourth-order valence-corrected chi connectivity index (χ4v) is 2.39. The third kappa shape index (κ3) is 7.94. The highest BCUT2D eigenvalue weighted by molar-refractivity contribution is 5.17. The van der Waals surface area contributed by atoms with Gasteiger partial charge in [-0.25, -0.2) is 0 Å². The van der Waals surface area contributed by atoms with Gasteiger partial charge >= 0.3 is 0 Å². The zero-order chi connectivity index (χ0) is 12.3. The first kappa shape index (κ1) is 17.7. The van der Waals surface area contributed by atoms with Gasteiger partial charge in [-0.2, -0.15) is 0 Å². The summed E-state index contributed by atoms with van der Waals surface area (Å²) >= 11 is 0. The maximum atomic E-state index is 2.38. The Morgan fingerprint density at radius 2 is 1.50 bits per heavy atom. The molecule has 0 spiro atoms. The largest absolute Gasteiger partial charge is 1.00 e. The predicted molar refractivity (Wildman–Crippen MR) is 76.0 cm³/mol. The second-order valence-corrected chi connectivity index (χ2v) is 5.21. The van der Waals surface area contributed by atoms with E-state index in [-0.39, 0.29) is 12.4 Å². The van der Waals surface area contributed by atoms with Crippen LogP contribution in [0.15, 0.2) is 24.0 Å². The SMILES string of the molecule is CCCCCCCCCC[NH+]1C=CC(CC)=C1.[Cl-]. The van der Waals surface area contributed by atoms with Gasteiger partial charge in [0.05, 0.1) is 12.7 Å². The minimum atomic E-state index is 0. The van der Waals surface area contributed by atoms with Gasteiger partial charge in [-0.3, -0.25) is 4.90 Å². The fraction of sp³-hybridized carbons (Fsp3) is 0.750. The van der Waals surface area contributed by atoms with Gasteiger partial charge in [0, 0.05) is 11.6 Å². The molecule has 1 nitrogen and oxygen atoms in total. The Kier molecular flexibility index (Phi) is 11.6. The van der Waals surface area contributed by atoms with Crippen LogP contribution < -0.4 is 17.3 Å². The topological polar surface area (TPSA) is 4.44 Å². The number of quaternary nitrogens is 1. The number of hydrogen-bond donors (Lipinski definition) is 1. The van der Waals surface area contributed by atoms with Gasteiger partial charge < -0.3 is 12.4 Å². The van der Waals surface area contributed by atoms with E-state index in [1.54, 1.807) is 4.90 Å². The first-order chi connectivity index (χ1) is 8.36. The molecule has 1 aliphatic heterocycles. The van der Waals surface area contributed by atoms with Crippen molar-refractivity contribution < 1.29 is 17.3 Å². The Bertz CT molecular complexity index is 245. The first-order valence-corrected chi connectivity index (χ1v) is 7.61. The smallest absolute Gasteiger partial charge is 0.102 e. The highest BCUT2D eigenvalue weighted by Crippen LogP contribution is 2.08. The summed E-state index contributed by atoms with van der Waals surface area (Å²) in [7, 11) is 0. The molecule has 1 atom stereocenters. The summed E-state index contributed by atoms with van der Waals surface area (Å²) in [6.07, 6.45) is 19.5. The van der Waals surface area contributed by atoms with E-state index in [1.807, 2.05) is 0 Å². The van der Waals surface area contributed by atoms with Gasteiger partial charge in [-0.1, -0.05) is 52.4 Å². The first-order valence-electron chi connectivity index (χ1n) is 7.61. The Labute approximate surface area is 120 Å². The summed E-state index contributed by atoms with van der Waals surface area (Å²) in [6, 6.07) is 0. The molecule has 0 fully saturated rings.